The predicted molar refractivity (Wildman–Crippen MR) is 73.3 cm³/mol. The molecule has 0 saturated heterocycles. The first-order valence-corrected chi connectivity index (χ1v) is 6.52. The highest BCUT2D eigenvalue weighted by atomic mass is 16.5. The molecule has 2 N–H and O–H groups in total. The number of hydrogen-bond acceptors (Lipinski definition) is 7. The summed E-state index contributed by atoms with van der Waals surface area (Å²) >= 11 is 0. The van der Waals surface area contributed by atoms with Gasteiger partial charge in [0.15, 0.2) is 5.69 Å². The zero-order valence-electron chi connectivity index (χ0n) is 11.6. The van der Waals surface area contributed by atoms with Crippen LogP contribution in [-0.4, -0.2) is 49.2 Å². The molecular formula is C12H16N6O3. The lowest BCUT2D eigenvalue weighted by Crippen LogP contribution is -2.13. The van der Waals surface area contributed by atoms with E-state index in [1.807, 2.05) is 6.92 Å². The fourth-order valence-corrected chi connectivity index (χ4v) is 1.50. The number of anilines is 1. The smallest absolute Gasteiger partial charge is 0.358 e. The van der Waals surface area contributed by atoms with Gasteiger partial charge in [0.05, 0.1) is 19.3 Å². The first kappa shape index (κ1) is 14.7. The summed E-state index contributed by atoms with van der Waals surface area (Å²) in [4.78, 5) is 18.9. The molecular weight excluding hydrogens is 276 g/mol. The van der Waals surface area contributed by atoms with Crippen molar-refractivity contribution in [3.63, 3.8) is 0 Å². The van der Waals surface area contributed by atoms with Gasteiger partial charge in [-0.2, -0.15) is 4.98 Å². The van der Waals surface area contributed by atoms with Crippen LogP contribution in [0.5, 0.6) is 5.88 Å². The maximum Gasteiger partial charge on any atom is 0.358 e. The molecule has 9 heteroatoms. The monoisotopic (exact) mass is 292 g/mol. The summed E-state index contributed by atoms with van der Waals surface area (Å²) in [6.45, 7) is 3.56. The highest BCUT2D eigenvalue weighted by Crippen LogP contribution is 2.08. The fraction of sp³-hybridized carbons (Fsp3) is 0.417. The number of rotatable bonds is 8. The van der Waals surface area contributed by atoms with E-state index >= 15 is 0 Å². The third-order valence-corrected chi connectivity index (χ3v) is 2.47. The summed E-state index contributed by atoms with van der Waals surface area (Å²) in [5.74, 6) is -0.135. The zero-order valence-corrected chi connectivity index (χ0v) is 11.6. The van der Waals surface area contributed by atoms with Crippen molar-refractivity contribution < 1.29 is 14.6 Å². The van der Waals surface area contributed by atoms with Crippen LogP contribution in [0.2, 0.25) is 0 Å². The Morgan fingerprint density at radius 3 is 3.10 bits per heavy atom. The summed E-state index contributed by atoms with van der Waals surface area (Å²) in [6, 6.07) is 1.69. The number of carboxylic acids is 1. The summed E-state index contributed by atoms with van der Waals surface area (Å²) < 4.78 is 6.84. The quantitative estimate of drug-likeness (QED) is 0.729. The first-order valence-electron chi connectivity index (χ1n) is 6.52. The molecule has 0 unspecified atom stereocenters. The topological polar surface area (TPSA) is 115 Å². The number of aromatic carboxylic acids is 1. The molecule has 0 aromatic carbocycles. The van der Waals surface area contributed by atoms with Crippen LogP contribution in [0, 0.1) is 0 Å². The number of nitrogens with zero attached hydrogens (tertiary/aromatic N) is 5. The van der Waals surface area contributed by atoms with E-state index in [1.165, 1.54) is 10.9 Å². The van der Waals surface area contributed by atoms with Crippen LogP contribution in [0.25, 0.3) is 0 Å². The molecule has 2 aromatic heterocycles. The molecule has 0 aliphatic heterocycles. The van der Waals surface area contributed by atoms with Crippen LogP contribution >= 0.6 is 0 Å². The highest BCUT2D eigenvalue weighted by Gasteiger charge is 2.07. The zero-order chi connectivity index (χ0) is 15.1. The minimum Gasteiger partial charge on any atom is -0.478 e. The average Bonchev–Trinajstić information content (AvgIpc) is 2.95. The van der Waals surface area contributed by atoms with Crippen molar-refractivity contribution in [3.05, 3.63) is 24.2 Å². The molecule has 0 radical (unpaired) electrons. The standard InChI is InChI=1S/C12H16N6O3/c1-2-7-21-10-3-4-13-12(15-10)14-5-6-18-8-9(11(19)20)16-17-18/h3-4,8H,2,5-7H2,1H3,(H,19,20)(H,13,14,15). The van der Waals surface area contributed by atoms with E-state index in [9.17, 15) is 4.79 Å². The van der Waals surface area contributed by atoms with Gasteiger partial charge in [-0.3, -0.25) is 0 Å². The summed E-state index contributed by atoms with van der Waals surface area (Å²) in [6.07, 6.45) is 3.88. The lowest BCUT2D eigenvalue weighted by molar-refractivity contribution is 0.0690. The van der Waals surface area contributed by atoms with Crippen LogP contribution in [-0.2, 0) is 6.54 Å². The lowest BCUT2D eigenvalue weighted by atomic mass is 10.5. The number of ether oxygens (including phenoxy) is 1. The molecule has 2 heterocycles. The van der Waals surface area contributed by atoms with Gasteiger partial charge in [0, 0.05) is 18.8 Å². The van der Waals surface area contributed by atoms with E-state index in [2.05, 4.69) is 25.6 Å². The van der Waals surface area contributed by atoms with Crippen molar-refractivity contribution in [3.8, 4) is 5.88 Å². The molecule has 2 rings (SSSR count). The van der Waals surface area contributed by atoms with Crippen molar-refractivity contribution in [2.24, 2.45) is 0 Å². The molecule has 0 fully saturated rings. The Kier molecular flexibility index (Phi) is 5.02. The molecule has 0 aliphatic rings. The van der Waals surface area contributed by atoms with Crippen molar-refractivity contribution in [1.29, 1.82) is 0 Å². The fourth-order valence-electron chi connectivity index (χ4n) is 1.50. The second kappa shape index (κ2) is 7.17. The molecule has 0 amide bonds. The van der Waals surface area contributed by atoms with Crippen molar-refractivity contribution in [2.75, 3.05) is 18.5 Å². The summed E-state index contributed by atoms with van der Waals surface area (Å²) in [7, 11) is 0. The Bertz CT molecular complexity index is 600. The number of nitrogens with one attached hydrogen (secondary N) is 1. The maximum atomic E-state index is 10.7. The van der Waals surface area contributed by atoms with E-state index in [0.29, 0.717) is 31.5 Å². The van der Waals surface area contributed by atoms with Crippen LogP contribution in [0.1, 0.15) is 23.8 Å². The molecule has 0 aliphatic carbocycles. The van der Waals surface area contributed by atoms with Crippen molar-refractivity contribution in [1.82, 2.24) is 25.0 Å². The van der Waals surface area contributed by atoms with E-state index < -0.39 is 5.97 Å². The van der Waals surface area contributed by atoms with Gasteiger partial charge in [-0.25, -0.2) is 14.5 Å². The average molecular weight is 292 g/mol. The number of carboxylic acid groups (broad SMARTS) is 1. The molecule has 9 nitrogen and oxygen atoms in total. The second-order valence-electron chi connectivity index (χ2n) is 4.17. The van der Waals surface area contributed by atoms with E-state index in [1.54, 1.807) is 12.3 Å². The van der Waals surface area contributed by atoms with Gasteiger partial charge in [-0.1, -0.05) is 12.1 Å². The second-order valence-corrected chi connectivity index (χ2v) is 4.17. The molecule has 2 aromatic rings. The highest BCUT2D eigenvalue weighted by molar-refractivity contribution is 5.84. The molecule has 112 valence electrons. The van der Waals surface area contributed by atoms with Gasteiger partial charge < -0.3 is 15.2 Å². The molecule has 21 heavy (non-hydrogen) atoms. The van der Waals surface area contributed by atoms with Crippen LogP contribution in [0.15, 0.2) is 18.5 Å². The SMILES string of the molecule is CCCOc1ccnc(NCCn2cc(C(=O)O)nn2)n1. The van der Waals surface area contributed by atoms with E-state index in [0.717, 1.165) is 6.42 Å². The van der Waals surface area contributed by atoms with Crippen molar-refractivity contribution in [2.45, 2.75) is 19.9 Å². The van der Waals surface area contributed by atoms with Gasteiger partial charge >= 0.3 is 5.97 Å². The molecule has 0 spiro atoms. The minimum atomic E-state index is -1.10. The Hall–Kier alpha value is -2.71. The van der Waals surface area contributed by atoms with E-state index in [-0.39, 0.29) is 5.69 Å². The number of aromatic nitrogens is 5. The van der Waals surface area contributed by atoms with Crippen LogP contribution in [0.3, 0.4) is 0 Å². The number of carbonyl (C=O) groups is 1. The van der Waals surface area contributed by atoms with Crippen LogP contribution in [0.4, 0.5) is 5.95 Å². The Labute approximate surface area is 121 Å². The van der Waals surface area contributed by atoms with Gasteiger partial charge in [0.25, 0.3) is 0 Å². The minimum absolute atomic E-state index is 0.0822. The largest absolute Gasteiger partial charge is 0.478 e. The molecule has 0 bridgehead atoms. The lowest BCUT2D eigenvalue weighted by Gasteiger charge is -2.07. The Morgan fingerprint density at radius 1 is 1.52 bits per heavy atom. The third-order valence-electron chi connectivity index (χ3n) is 2.47. The molecule has 0 saturated carbocycles. The van der Waals surface area contributed by atoms with Gasteiger partial charge in [0.1, 0.15) is 0 Å². The summed E-state index contributed by atoms with van der Waals surface area (Å²) in [5, 5.41) is 19.0. The van der Waals surface area contributed by atoms with Crippen LogP contribution < -0.4 is 10.1 Å². The normalized spacial score (nSPS) is 10.3. The van der Waals surface area contributed by atoms with Crippen molar-refractivity contribution >= 4 is 11.9 Å². The van der Waals surface area contributed by atoms with Gasteiger partial charge in [0.2, 0.25) is 11.8 Å². The predicted octanol–water partition coefficient (Wildman–Crippen LogP) is 0.667. The Morgan fingerprint density at radius 2 is 2.38 bits per heavy atom. The maximum absolute atomic E-state index is 10.7. The summed E-state index contributed by atoms with van der Waals surface area (Å²) in [5.41, 5.74) is -0.0822. The first-order chi connectivity index (χ1) is 10.2. The van der Waals surface area contributed by atoms with E-state index in [4.69, 9.17) is 9.84 Å². The third kappa shape index (κ3) is 4.41. The number of hydrogen-bond donors (Lipinski definition) is 2. The van der Waals surface area contributed by atoms with Gasteiger partial charge in [-0.15, -0.1) is 5.10 Å². The van der Waals surface area contributed by atoms with Gasteiger partial charge in [-0.05, 0) is 6.42 Å². The Balaban J connectivity index is 1.83. The molecule has 0 atom stereocenters.